The number of para-hydroxylation sites is 1. The molecule has 0 saturated carbocycles. The van der Waals surface area contributed by atoms with Gasteiger partial charge in [0.25, 0.3) is 15.9 Å². The number of hydrogen-bond donors (Lipinski definition) is 1. The van der Waals surface area contributed by atoms with E-state index in [1.54, 1.807) is 24.3 Å². The van der Waals surface area contributed by atoms with Gasteiger partial charge in [-0.3, -0.25) is 9.52 Å². The highest BCUT2D eigenvalue weighted by molar-refractivity contribution is 7.92. The molecule has 1 N–H and O–H groups in total. The molecular formula is C19H17FN2O5S. The number of nitrogens with one attached hydrogen (secondary N) is 1. The summed E-state index contributed by atoms with van der Waals surface area (Å²) in [5, 5.41) is 0.416. The number of sulfonamides is 1. The number of amides is 1. The van der Waals surface area contributed by atoms with Crippen LogP contribution in [0.4, 0.5) is 10.1 Å². The van der Waals surface area contributed by atoms with Crippen LogP contribution in [0.2, 0.25) is 0 Å². The van der Waals surface area contributed by atoms with E-state index >= 15 is 0 Å². The van der Waals surface area contributed by atoms with E-state index in [1.165, 1.54) is 17.0 Å². The van der Waals surface area contributed by atoms with Crippen LogP contribution in [0, 0.1) is 5.82 Å². The maximum absolute atomic E-state index is 14.0. The van der Waals surface area contributed by atoms with Crippen LogP contribution in [0.25, 0.3) is 11.0 Å². The first kappa shape index (κ1) is 18.5. The number of anilines is 1. The monoisotopic (exact) mass is 404 g/mol. The Labute approximate surface area is 160 Å². The first-order valence-electron chi connectivity index (χ1n) is 8.63. The number of morpholine rings is 1. The number of nitrogens with zero attached hydrogens (tertiary/aromatic N) is 1. The molecule has 0 unspecified atom stereocenters. The van der Waals surface area contributed by atoms with Crippen LogP contribution in [0.5, 0.6) is 0 Å². The van der Waals surface area contributed by atoms with Crippen molar-refractivity contribution in [3.63, 3.8) is 0 Å². The van der Waals surface area contributed by atoms with Crippen LogP contribution < -0.4 is 4.72 Å². The summed E-state index contributed by atoms with van der Waals surface area (Å²) in [5.74, 6) is -1.47. The zero-order valence-electron chi connectivity index (χ0n) is 14.7. The van der Waals surface area contributed by atoms with Crippen LogP contribution in [0.3, 0.4) is 0 Å². The molecule has 9 heteroatoms. The third-order valence-corrected chi connectivity index (χ3v) is 5.83. The van der Waals surface area contributed by atoms with E-state index in [2.05, 4.69) is 4.72 Å². The summed E-state index contributed by atoms with van der Waals surface area (Å²) >= 11 is 0. The normalized spacial score (nSPS) is 15.0. The van der Waals surface area contributed by atoms with E-state index in [9.17, 15) is 17.6 Å². The molecule has 0 bridgehead atoms. The summed E-state index contributed by atoms with van der Waals surface area (Å²) in [6, 6.07) is 11.7. The summed E-state index contributed by atoms with van der Waals surface area (Å²) in [4.78, 5) is 14.0. The SMILES string of the molecule is O=C(c1oc2ccccc2c1NS(=O)(=O)c1ccccc1F)N1CCOCC1. The van der Waals surface area contributed by atoms with Crippen molar-refractivity contribution in [1.82, 2.24) is 4.90 Å². The van der Waals surface area contributed by atoms with E-state index in [0.29, 0.717) is 37.3 Å². The number of benzene rings is 2. The number of fused-ring (bicyclic) bond motifs is 1. The molecule has 0 atom stereocenters. The summed E-state index contributed by atoms with van der Waals surface area (Å²) in [6.07, 6.45) is 0. The lowest BCUT2D eigenvalue weighted by atomic mass is 10.2. The van der Waals surface area contributed by atoms with Crippen LogP contribution in [-0.4, -0.2) is 45.5 Å². The van der Waals surface area contributed by atoms with Crippen LogP contribution in [0.15, 0.2) is 57.8 Å². The fourth-order valence-electron chi connectivity index (χ4n) is 3.06. The number of rotatable bonds is 4. The molecule has 2 heterocycles. The van der Waals surface area contributed by atoms with Gasteiger partial charge in [0.2, 0.25) is 5.76 Å². The van der Waals surface area contributed by atoms with Crippen molar-refractivity contribution < 1.29 is 26.8 Å². The van der Waals surface area contributed by atoms with Gasteiger partial charge in [-0.15, -0.1) is 0 Å². The van der Waals surface area contributed by atoms with E-state index < -0.39 is 26.6 Å². The largest absolute Gasteiger partial charge is 0.449 e. The molecule has 28 heavy (non-hydrogen) atoms. The molecule has 1 fully saturated rings. The number of ether oxygens (including phenoxy) is 1. The Balaban J connectivity index is 1.79. The summed E-state index contributed by atoms with van der Waals surface area (Å²) < 4.78 is 52.9. The third-order valence-electron chi connectivity index (χ3n) is 4.45. The lowest BCUT2D eigenvalue weighted by molar-refractivity contribution is 0.0285. The van der Waals surface area contributed by atoms with Gasteiger partial charge in [0.1, 0.15) is 22.0 Å². The molecule has 1 amide bonds. The molecule has 0 spiro atoms. The molecule has 146 valence electrons. The Morgan fingerprint density at radius 1 is 1.04 bits per heavy atom. The number of carbonyl (C=O) groups is 1. The molecule has 0 radical (unpaired) electrons. The second-order valence-electron chi connectivity index (χ2n) is 6.24. The molecule has 1 aromatic heterocycles. The molecule has 7 nitrogen and oxygen atoms in total. The highest BCUT2D eigenvalue weighted by Gasteiger charge is 2.30. The van der Waals surface area contributed by atoms with Gasteiger partial charge < -0.3 is 14.1 Å². The van der Waals surface area contributed by atoms with Crippen molar-refractivity contribution in [2.75, 3.05) is 31.0 Å². The number of halogens is 1. The van der Waals surface area contributed by atoms with E-state index in [4.69, 9.17) is 9.15 Å². The average molecular weight is 404 g/mol. The molecular weight excluding hydrogens is 387 g/mol. The van der Waals surface area contributed by atoms with Crippen molar-refractivity contribution in [3.05, 3.63) is 60.1 Å². The highest BCUT2D eigenvalue weighted by atomic mass is 32.2. The molecule has 1 aliphatic rings. The van der Waals surface area contributed by atoms with Crippen LogP contribution in [0.1, 0.15) is 10.6 Å². The Bertz CT molecular complexity index is 1140. The minimum atomic E-state index is -4.27. The topological polar surface area (TPSA) is 88.8 Å². The van der Waals surface area contributed by atoms with E-state index in [0.717, 1.165) is 12.1 Å². The van der Waals surface area contributed by atoms with Gasteiger partial charge in [0, 0.05) is 18.5 Å². The van der Waals surface area contributed by atoms with Gasteiger partial charge in [-0.25, -0.2) is 12.8 Å². The molecule has 0 aliphatic carbocycles. The second-order valence-corrected chi connectivity index (χ2v) is 7.89. The van der Waals surface area contributed by atoms with Gasteiger partial charge in [0.05, 0.1) is 13.2 Å². The maximum Gasteiger partial charge on any atom is 0.291 e. The summed E-state index contributed by atoms with van der Waals surface area (Å²) in [6.45, 7) is 1.52. The predicted octanol–water partition coefficient (Wildman–Crippen LogP) is 2.85. The average Bonchev–Trinajstić information content (AvgIpc) is 3.06. The van der Waals surface area contributed by atoms with Crippen molar-refractivity contribution in [3.8, 4) is 0 Å². The lowest BCUT2D eigenvalue weighted by Gasteiger charge is -2.26. The maximum atomic E-state index is 14.0. The van der Waals surface area contributed by atoms with E-state index in [1.807, 2.05) is 0 Å². The smallest absolute Gasteiger partial charge is 0.291 e. The number of hydrogen-bond acceptors (Lipinski definition) is 5. The van der Waals surface area contributed by atoms with Crippen molar-refractivity contribution >= 4 is 32.6 Å². The minimum absolute atomic E-state index is 0.00431. The van der Waals surface area contributed by atoms with E-state index in [-0.39, 0.29) is 11.4 Å². The standard InChI is InChI=1S/C19H17FN2O5S/c20-14-6-2-4-8-16(14)28(24,25)21-17-13-5-1-3-7-15(13)27-18(17)19(23)22-9-11-26-12-10-22/h1-8,21H,9-12H2. The quantitative estimate of drug-likeness (QED) is 0.722. The Morgan fingerprint density at radius 3 is 2.46 bits per heavy atom. The number of furan rings is 1. The van der Waals surface area contributed by atoms with Gasteiger partial charge >= 0.3 is 0 Å². The first-order valence-corrected chi connectivity index (χ1v) is 10.1. The lowest BCUT2D eigenvalue weighted by Crippen LogP contribution is -2.40. The fourth-order valence-corrected chi connectivity index (χ4v) is 4.22. The molecule has 3 aromatic rings. The predicted molar refractivity (Wildman–Crippen MR) is 100 cm³/mol. The highest BCUT2D eigenvalue weighted by Crippen LogP contribution is 2.34. The Morgan fingerprint density at radius 2 is 1.71 bits per heavy atom. The van der Waals surface area contributed by atoms with Crippen molar-refractivity contribution in [2.45, 2.75) is 4.90 Å². The first-order chi connectivity index (χ1) is 13.5. The van der Waals surface area contributed by atoms with Crippen molar-refractivity contribution in [2.24, 2.45) is 0 Å². The van der Waals surface area contributed by atoms with Gasteiger partial charge in [-0.2, -0.15) is 0 Å². The zero-order valence-corrected chi connectivity index (χ0v) is 15.5. The number of carbonyl (C=O) groups excluding carboxylic acids is 1. The second kappa shape index (κ2) is 7.25. The molecule has 4 rings (SSSR count). The van der Waals surface area contributed by atoms with Gasteiger partial charge in [0.15, 0.2) is 0 Å². The van der Waals surface area contributed by atoms with Gasteiger partial charge in [-0.05, 0) is 24.3 Å². The van der Waals surface area contributed by atoms with Crippen LogP contribution in [-0.2, 0) is 14.8 Å². The summed E-state index contributed by atoms with van der Waals surface area (Å²) in [5.41, 5.74) is 0.348. The molecule has 1 saturated heterocycles. The Hall–Kier alpha value is -2.91. The van der Waals surface area contributed by atoms with Crippen molar-refractivity contribution in [1.29, 1.82) is 0 Å². The Kier molecular flexibility index (Phi) is 4.78. The summed E-state index contributed by atoms with van der Waals surface area (Å²) in [7, 11) is -4.27. The molecule has 1 aliphatic heterocycles. The zero-order chi connectivity index (χ0) is 19.7. The minimum Gasteiger partial charge on any atom is -0.449 e. The van der Waals surface area contributed by atoms with Gasteiger partial charge in [-0.1, -0.05) is 24.3 Å². The third kappa shape index (κ3) is 3.34. The fraction of sp³-hybridized carbons (Fsp3) is 0.211. The van der Waals surface area contributed by atoms with Crippen LogP contribution >= 0.6 is 0 Å². The molecule has 2 aromatic carbocycles.